The van der Waals surface area contributed by atoms with Gasteiger partial charge in [-0.1, -0.05) is 0 Å². The molecule has 0 saturated carbocycles. The summed E-state index contributed by atoms with van der Waals surface area (Å²) in [5.41, 5.74) is -0.591. The lowest BCUT2D eigenvalue weighted by Gasteiger charge is -2.23. The minimum absolute atomic E-state index is 0.0719. The van der Waals surface area contributed by atoms with Crippen LogP contribution in [0.4, 0.5) is 5.82 Å². The average Bonchev–Trinajstić information content (AvgIpc) is 2.65. The van der Waals surface area contributed by atoms with E-state index in [9.17, 15) is 4.79 Å². The van der Waals surface area contributed by atoms with Gasteiger partial charge in [-0.05, 0) is 34.7 Å². The fourth-order valence-electron chi connectivity index (χ4n) is 1.21. The standard InChI is InChI=1S/C11H20N4O/c1-8(2)15-9(6-7-13-15)14-10(16)11(3,4)12-5/h6-8,12H,1-5H3,(H,14,16). The minimum atomic E-state index is -0.591. The zero-order valence-electron chi connectivity index (χ0n) is 10.5. The van der Waals surface area contributed by atoms with Crippen molar-refractivity contribution in [3.05, 3.63) is 12.3 Å². The highest BCUT2D eigenvalue weighted by molar-refractivity contribution is 5.96. The number of hydrogen-bond acceptors (Lipinski definition) is 3. The summed E-state index contributed by atoms with van der Waals surface area (Å²) in [6.45, 7) is 7.70. The molecule has 1 rings (SSSR count). The highest BCUT2D eigenvalue weighted by atomic mass is 16.2. The summed E-state index contributed by atoms with van der Waals surface area (Å²) in [5.74, 6) is 0.653. The molecule has 1 aromatic heterocycles. The van der Waals surface area contributed by atoms with Crippen LogP contribution >= 0.6 is 0 Å². The molecule has 1 amide bonds. The van der Waals surface area contributed by atoms with Crippen LogP contribution in [-0.2, 0) is 4.79 Å². The first-order valence-electron chi connectivity index (χ1n) is 5.42. The van der Waals surface area contributed by atoms with Crippen LogP contribution in [0.2, 0.25) is 0 Å². The second-order valence-electron chi connectivity index (χ2n) is 4.58. The number of hydrogen-bond donors (Lipinski definition) is 2. The molecule has 16 heavy (non-hydrogen) atoms. The monoisotopic (exact) mass is 224 g/mol. The zero-order chi connectivity index (χ0) is 12.3. The van der Waals surface area contributed by atoms with Gasteiger partial charge in [0.05, 0.1) is 11.7 Å². The summed E-state index contributed by atoms with van der Waals surface area (Å²) in [7, 11) is 1.76. The molecular weight excluding hydrogens is 204 g/mol. The Bertz CT molecular complexity index is 368. The number of amides is 1. The van der Waals surface area contributed by atoms with Gasteiger partial charge in [0, 0.05) is 12.1 Å². The molecule has 0 aromatic carbocycles. The maximum absolute atomic E-state index is 11.9. The van der Waals surface area contributed by atoms with Gasteiger partial charge >= 0.3 is 0 Å². The molecule has 0 saturated heterocycles. The Morgan fingerprint density at radius 1 is 1.50 bits per heavy atom. The Hall–Kier alpha value is -1.36. The maximum atomic E-state index is 11.9. The van der Waals surface area contributed by atoms with E-state index in [0.29, 0.717) is 0 Å². The van der Waals surface area contributed by atoms with Gasteiger partial charge in [0.15, 0.2) is 0 Å². The van der Waals surface area contributed by atoms with E-state index >= 15 is 0 Å². The number of carbonyl (C=O) groups excluding carboxylic acids is 1. The second-order valence-corrected chi connectivity index (χ2v) is 4.58. The molecule has 0 aliphatic rings. The van der Waals surface area contributed by atoms with Gasteiger partial charge in [0.25, 0.3) is 0 Å². The molecule has 0 spiro atoms. The third-order valence-corrected chi connectivity index (χ3v) is 2.59. The average molecular weight is 224 g/mol. The number of carbonyl (C=O) groups is 1. The largest absolute Gasteiger partial charge is 0.309 e. The van der Waals surface area contributed by atoms with Gasteiger partial charge in [-0.25, -0.2) is 4.68 Å². The van der Waals surface area contributed by atoms with E-state index in [2.05, 4.69) is 15.7 Å². The molecule has 0 aliphatic carbocycles. The van der Waals surface area contributed by atoms with Gasteiger partial charge in [-0.2, -0.15) is 5.10 Å². The normalized spacial score (nSPS) is 11.9. The molecule has 0 bridgehead atoms. The molecule has 90 valence electrons. The third-order valence-electron chi connectivity index (χ3n) is 2.59. The van der Waals surface area contributed by atoms with Gasteiger partial charge < -0.3 is 10.6 Å². The lowest BCUT2D eigenvalue weighted by Crippen LogP contribution is -2.48. The Kier molecular flexibility index (Phi) is 3.70. The Labute approximate surface area is 96.2 Å². The van der Waals surface area contributed by atoms with Gasteiger partial charge in [-0.3, -0.25) is 4.79 Å². The SMILES string of the molecule is CNC(C)(C)C(=O)Nc1ccnn1C(C)C. The number of likely N-dealkylation sites (N-methyl/N-ethyl adjacent to an activating group) is 1. The maximum Gasteiger partial charge on any atom is 0.245 e. The number of aromatic nitrogens is 2. The molecule has 0 atom stereocenters. The summed E-state index contributed by atoms with van der Waals surface area (Å²) >= 11 is 0. The molecule has 0 radical (unpaired) electrons. The highest BCUT2D eigenvalue weighted by Crippen LogP contribution is 2.14. The summed E-state index contributed by atoms with van der Waals surface area (Å²) in [6, 6.07) is 2.02. The van der Waals surface area contributed by atoms with E-state index in [4.69, 9.17) is 0 Å². The van der Waals surface area contributed by atoms with Gasteiger partial charge in [0.1, 0.15) is 5.82 Å². The van der Waals surface area contributed by atoms with Gasteiger partial charge in [-0.15, -0.1) is 0 Å². The van der Waals surface area contributed by atoms with E-state index in [1.165, 1.54) is 0 Å². The fraction of sp³-hybridized carbons (Fsp3) is 0.636. The molecular formula is C11H20N4O. The first-order chi connectivity index (χ1) is 7.38. The first-order valence-corrected chi connectivity index (χ1v) is 5.42. The molecule has 0 fully saturated rings. The van der Waals surface area contributed by atoms with E-state index in [1.54, 1.807) is 24.0 Å². The van der Waals surface area contributed by atoms with Crippen molar-refractivity contribution in [1.82, 2.24) is 15.1 Å². The predicted octanol–water partition coefficient (Wildman–Crippen LogP) is 1.40. The van der Waals surface area contributed by atoms with Crippen LogP contribution in [0.15, 0.2) is 12.3 Å². The second kappa shape index (κ2) is 4.65. The van der Waals surface area contributed by atoms with E-state index < -0.39 is 5.54 Å². The number of nitrogens with zero attached hydrogens (tertiary/aromatic N) is 2. The van der Waals surface area contributed by atoms with Crippen molar-refractivity contribution in [2.45, 2.75) is 39.3 Å². The Morgan fingerprint density at radius 3 is 2.62 bits per heavy atom. The molecule has 0 unspecified atom stereocenters. The zero-order valence-corrected chi connectivity index (χ0v) is 10.5. The fourth-order valence-corrected chi connectivity index (χ4v) is 1.21. The summed E-state index contributed by atoms with van der Waals surface area (Å²) in [4.78, 5) is 11.9. The molecule has 1 aromatic rings. The smallest absolute Gasteiger partial charge is 0.245 e. The summed E-state index contributed by atoms with van der Waals surface area (Å²) in [6.07, 6.45) is 1.68. The first kappa shape index (κ1) is 12.7. The van der Waals surface area contributed by atoms with Gasteiger partial charge in [0.2, 0.25) is 5.91 Å². The number of rotatable bonds is 4. The highest BCUT2D eigenvalue weighted by Gasteiger charge is 2.26. The molecule has 5 heteroatoms. The molecule has 0 aliphatic heterocycles. The van der Waals surface area contributed by atoms with E-state index in [1.807, 2.05) is 27.7 Å². The molecule has 5 nitrogen and oxygen atoms in total. The van der Waals surface area contributed by atoms with Crippen molar-refractivity contribution >= 4 is 11.7 Å². The lowest BCUT2D eigenvalue weighted by molar-refractivity contribution is -0.121. The van der Waals surface area contributed by atoms with Crippen LogP contribution in [0.5, 0.6) is 0 Å². The van der Waals surface area contributed by atoms with Crippen molar-refractivity contribution in [3.8, 4) is 0 Å². The van der Waals surface area contributed by atoms with Crippen molar-refractivity contribution in [2.75, 3.05) is 12.4 Å². The van der Waals surface area contributed by atoms with Crippen molar-refractivity contribution < 1.29 is 4.79 Å². The van der Waals surface area contributed by atoms with Crippen molar-refractivity contribution in [2.24, 2.45) is 0 Å². The van der Waals surface area contributed by atoms with Crippen LogP contribution in [0.1, 0.15) is 33.7 Å². The van der Waals surface area contributed by atoms with E-state index in [-0.39, 0.29) is 11.9 Å². The Morgan fingerprint density at radius 2 is 2.12 bits per heavy atom. The van der Waals surface area contributed by atoms with Crippen LogP contribution < -0.4 is 10.6 Å². The quantitative estimate of drug-likeness (QED) is 0.812. The van der Waals surface area contributed by atoms with Crippen molar-refractivity contribution in [3.63, 3.8) is 0 Å². The van der Waals surface area contributed by atoms with Crippen molar-refractivity contribution in [1.29, 1.82) is 0 Å². The van der Waals surface area contributed by atoms with Crippen LogP contribution in [-0.4, -0.2) is 28.3 Å². The van der Waals surface area contributed by atoms with Crippen LogP contribution in [0, 0.1) is 0 Å². The Balaban J connectivity index is 2.81. The number of nitrogens with one attached hydrogen (secondary N) is 2. The minimum Gasteiger partial charge on any atom is -0.309 e. The van der Waals surface area contributed by atoms with Crippen LogP contribution in [0.3, 0.4) is 0 Å². The van der Waals surface area contributed by atoms with E-state index in [0.717, 1.165) is 5.82 Å². The van der Waals surface area contributed by atoms with Crippen LogP contribution in [0.25, 0.3) is 0 Å². The lowest BCUT2D eigenvalue weighted by atomic mass is 10.1. The topological polar surface area (TPSA) is 59.0 Å². The summed E-state index contributed by atoms with van der Waals surface area (Å²) in [5, 5.41) is 9.98. The predicted molar refractivity (Wildman–Crippen MR) is 64.4 cm³/mol. The molecule has 1 heterocycles. The summed E-state index contributed by atoms with van der Waals surface area (Å²) < 4.78 is 1.78. The number of anilines is 1. The molecule has 2 N–H and O–H groups in total. The third kappa shape index (κ3) is 2.61.